The standard InChI is InChI=1S/C28H53O6PS/c1-3-5-7-8-9-10-11-15-20-33-21-16-22-34-27(28(31,35-32)26(29)30)36-23-25(17-6-4-2)24-18-13-12-14-19-24/h24-25,27,31H,3-23H2,1-2H3,(H,29,30). The summed E-state index contributed by atoms with van der Waals surface area (Å²) in [5.41, 5.74) is -1.07. The lowest BCUT2D eigenvalue weighted by Gasteiger charge is -2.33. The van der Waals surface area contributed by atoms with Crippen molar-refractivity contribution in [1.82, 2.24) is 0 Å². The van der Waals surface area contributed by atoms with Crippen molar-refractivity contribution < 1.29 is 29.0 Å². The molecule has 0 aromatic rings. The lowest BCUT2D eigenvalue weighted by atomic mass is 9.79. The van der Waals surface area contributed by atoms with E-state index in [2.05, 4.69) is 13.8 Å². The molecule has 0 aromatic heterocycles. The zero-order chi connectivity index (χ0) is 26.5. The van der Waals surface area contributed by atoms with Crippen molar-refractivity contribution in [2.24, 2.45) is 11.8 Å². The summed E-state index contributed by atoms with van der Waals surface area (Å²) in [4.78, 5) is 11.8. The van der Waals surface area contributed by atoms with Crippen LogP contribution in [0.5, 0.6) is 0 Å². The van der Waals surface area contributed by atoms with Gasteiger partial charge in [0.25, 0.3) is 5.34 Å². The van der Waals surface area contributed by atoms with Gasteiger partial charge in [0.05, 0.1) is 6.61 Å². The molecule has 0 spiro atoms. The van der Waals surface area contributed by atoms with Gasteiger partial charge in [0.15, 0.2) is 5.44 Å². The number of rotatable bonds is 24. The molecule has 0 saturated heterocycles. The molecule has 3 atom stereocenters. The van der Waals surface area contributed by atoms with E-state index < -0.39 is 25.2 Å². The topological polar surface area (TPSA) is 93.1 Å². The minimum atomic E-state index is -2.44. The van der Waals surface area contributed by atoms with E-state index in [1.54, 1.807) is 0 Å². The third kappa shape index (κ3) is 14.1. The maximum Gasteiger partial charge on any atom is 0.351 e. The number of aliphatic hydroxyl groups is 1. The third-order valence-electron chi connectivity index (χ3n) is 7.33. The summed E-state index contributed by atoms with van der Waals surface area (Å²) in [5, 5.41) is 17.8. The fourth-order valence-electron chi connectivity index (χ4n) is 4.99. The van der Waals surface area contributed by atoms with Gasteiger partial charge in [0.1, 0.15) is 0 Å². The molecule has 0 heterocycles. The molecule has 212 valence electrons. The maximum absolute atomic E-state index is 11.8. The van der Waals surface area contributed by atoms with Crippen LogP contribution in [0.3, 0.4) is 0 Å². The molecular weight excluding hydrogens is 495 g/mol. The van der Waals surface area contributed by atoms with Gasteiger partial charge in [0, 0.05) is 13.2 Å². The normalized spacial score (nSPS) is 18.2. The molecular formula is C28H53O6PS. The van der Waals surface area contributed by atoms with Crippen LogP contribution in [0.1, 0.15) is 123 Å². The molecule has 2 N–H and O–H groups in total. The van der Waals surface area contributed by atoms with Gasteiger partial charge < -0.3 is 19.7 Å². The Kier molecular flexibility index (Phi) is 20.4. The van der Waals surface area contributed by atoms with Gasteiger partial charge in [0.2, 0.25) is 8.46 Å². The van der Waals surface area contributed by atoms with Crippen LogP contribution in [0.15, 0.2) is 0 Å². The number of carboxylic acids is 1. The molecule has 1 fully saturated rings. The van der Waals surface area contributed by atoms with Gasteiger partial charge in [-0.25, -0.2) is 4.79 Å². The van der Waals surface area contributed by atoms with Crippen molar-refractivity contribution in [3.63, 3.8) is 0 Å². The van der Waals surface area contributed by atoms with Gasteiger partial charge in [-0.15, -0.1) is 11.8 Å². The number of carbonyl (C=O) groups is 1. The number of hydrogen-bond acceptors (Lipinski definition) is 6. The summed E-state index contributed by atoms with van der Waals surface area (Å²) >= 11 is 1.32. The fourth-order valence-corrected chi connectivity index (χ4v) is 6.97. The van der Waals surface area contributed by atoms with Crippen molar-refractivity contribution in [3.05, 3.63) is 0 Å². The molecule has 1 aliphatic carbocycles. The summed E-state index contributed by atoms with van der Waals surface area (Å²) in [6, 6.07) is 0. The average Bonchev–Trinajstić information content (AvgIpc) is 2.89. The Morgan fingerprint density at radius 1 is 0.917 bits per heavy atom. The second kappa shape index (κ2) is 21.7. The molecule has 0 aromatic carbocycles. The number of hydrogen-bond donors (Lipinski definition) is 2. The van der Waals surface area contributed by atoms with Gasteiger partial charge in [-0.1, -0.05) is 104 Å². The Morgan fingerprint density at radius 3 is 2.14 bits per heavy atom. The van der Waals surface area contributed by atoms with Crippen LogP contribution < -0.4 is 0 Å². The fraction of sp³-hybridized carbons (Fsp3) is 0.964. The number of aliphatic carboxylic acids is 1. The highest BCUT2D eigenvalue weighted by molar-refractivity contribution is 8.00. The van der Waals surface area contributed by atoms with Crippen LogP contribution in [0.25, 0.3) is 0 Å². The van der Waals surface area contributed by atoms with Gasteiger partial charge in [-0.2, -0.15) is 0 Å². The second-order valence-electron chi connectivity index (χ2n) is 10.4. The molecule has 0 bridgehead atoms. The van der Waals surface area contributed by atoms with Gasteiger partial charge in [-0.3, -0.25) is 4.57 Å². The van der Waals surface area contributed by atoms with E-state index in [4.69, 9.17) is 9.47 Å². The zero-order valence-electron chi connectivity index (χ0n) is 23.0. The lowest BCUT2D eigenvalue weighted by Crippen LogP contribution is -2.45. The number of ether oxygens (including phenoxy) is 2. The molecule has 0 aliphatic heterocycles. The lowest BCUT2D eigenvalue weighted by molar-refractivity contribution is -0.156. The van der Waals surface area contributed by atoms with Crippen LogP contribution in [0.2, 0.25) is 0 Å². The predicted molar refractivity (Wildman–Crippen MR) is 150 cm³/mol. The van der Waals surface area contributed by atoms with Crippen LogP contribution >= 0.6 is 20.2 Å². The van der Waals surface area contributed by atoms with E-state index in [0.29, 0.717) is 24.9 Å². The van der Waals surface area contributed by atoms with E-state index in [1.807, 2.05) is 0 Å². The van der Waals surface area contributed by atoms with Gasteiger partial charge in [-0.05, 0) is 36.9 Å². The van der Waals surface area contributed by atoms with Gasteiger partial charge >= 0.3 is 5.97 Å². The highest BCUT2D eigenvalue weighted by atomic mass is 32.2. The minimum absolute atomic E-state index is 0.267. The monoisotopic (exact) mass is 548 g/mol. The molecule has 3 unspecified atom stereocenters. The first-order chi connectivity index (χ1) is 17.5. The Bertz CT molecular complexity index is 560. The van der Waals surface area contributed by atoms with Crippen LogP contribution in [0.4, 0.5) is 0 Å². The highest BCUT2D eigenvalue weighted by Gasteiger charge is 2.47. The number of thioether (sulfide) groups is 1. The van der Waals surface area contributed by atoms with E-state index in [0.717, 1.165) is 38.0 Å². The molecule has 6 nitrogen and oxygen atoms in total. The Balaban J connectivity index is 2.41. The molecule has 0 amide bonds. The number of carboxylic acid groups (broad SMARTS) is 1. The molecule has 1 saturated carbocycles. The summed E-state index contributed by atoms with van der Waals surface area (Å²) in [6.45, 7) is 5.96. The first-order valence-electron chi connectivity index (χ1n) is 14.6. The Hall–Kier alpha value is -0.200. The molecule has 36 heavy (non-hydrogen) atoms. The van der Waals surface area contributed by atoms with Crippen LogP contribution in [-0.2, 0) is 18.8 Å². The van der Waals surface area contributed by atoms with Crippen molar-refractivity contribution in [3.8, 4) is 0 Å². The highest BCUT2D eigenvalue weighted by Crippen LogP contribution is 2.39. The molecule has 0 radical (unpaired) electrons. The second-order valence-corrected chi connectivity index (χ2v) is 12.4. The van der Waals surface area contributed by atoms with E-state index in [-0.39, 0.29) is 6.61 Å². The molecule has 8 heteroatoms. The Labute approximate surface area is 226 Å². The quantitative estimate of drug-likeness (QED) is 0.0716. The average molecular weight is 549 g/mol. The Morgan fingerprint density at radius 2 is 1.53 bits per heavy atom. The summed E-state index contributed by atoms with van der Waals surface area (Å²) < 4.78 is 23.3. The molecule has 1 aliphatic rings. The summed E-state index contributed by atoms with van der Waals surface area (Å²) in [5.74, 6) is 0.323. The third-order valence-corrected chi connectivity index (χ3v) is 9.61. The SMILES string of the molecule is CCCCCCCCCCOCCCOC(SCC(CCCC)C1CCCCC1)C(O)(P=O)C(=O)O. The van der Waals surface area contributed by atoms with E-state index >= 15 is 0 Å². The first-order valence-corrected chi connectivity index (χ1v) is 16.5. The minimum Gasteiger partial charge on any atom is -0.478 e. The number of unbranched alkanes of at least 4 members (excludes halogenated alkanes) is 8. The zero-order valence-corrected chi connectivity index (χ0v) is 24.7. The van der Waals surface area contributed by atoms with Crippen molar-refractivity contribution >= 4 is 26.2 Å². The van der Waals surface area contributed by atoms with Crippen LogP contribution in [0, 0.1) is 11.8 Å². The summed E-state index contributed by atoms with van der Waals surface area (Å²) in [6.07, 6.45) is 20.4. The van der Waals surface area contributed by atoms with E-state index in [1.165, 1.54) is 88.8 Å². The van der Waals surface area contributed by atoms with Crippen LogP contribution in [-0.4, -0.2) is 52.5 Å². The van der Waals surface area contributed by atoms with Crippen molar-refractivity contribution in [2.45, 2.75) is 134 Å². The predicted octanol–water partition coefficient (Wildman–Crippen LogP) is 8.06. The van der Waals surface area contributed by atoms with Crippen molar-refractivity contribution in [2.75, 3.05) is 25.6 Å². The van der Waals surface area contributed by atoms with Crippen molar-refractivity contribution in [1.29, 1.82) is 0 Å². The van der Waals surface area contributed by atoms with E-state index in [9.17, 15) is 19.6 Å². The first kappa shape index (κ1) is 33.8. The molecule has 1 rings (SSSR count). The smallest absolute Gasteiger partial charge is 0.351 e. The largest absolute Gasteiger partial charge is 0.478 e. The maximum atomic E-state index is 11.8. The summed E-state index contributed by atoms with van der Waals surface area (Å²) in [7, 11) is -0.839.